The van der Waals surface area contributed by atoms with Crippen LogP contribution in [-0.4, -0.2) is 30.9 Å². The molecule has 0 saturated carbocycles. The third-order valence-corrected chi connectivity index (χ3v) is 6.05. The Hall–Kier alpha value is -3.41. The summed E-state index contributed by atoms with van der Waals surface area (Å²) in [7, 11) is 7.89. The highest BCUT2D eigenvalue weighted by Gasteiger charge is 2.23. The van der Waals surface area contributed by atoms with Gasteiger partial charge in [0.15, 0.2) is 0 Å². The van der Waals surface area contributed by atoms with Crippen molar-refractivity contribution in [2.45, 2.75) is 25.7 Å². The normalized spacial score (nSPS) is 12.2. The van der Waals surface area contributed by atoms with E-state index < -0.39 is 0 Å². The van der Waals surface area contributed by atoms with Crippen LogP contribution in [-0.2, 0) is 13.5 Å². The first-order valence-electron chi connectivity index (χ1n) is 10.8. The second kappa shape index (κ2) is 8.76. The van der Waals surface area contributed by atoms with E-state index in [1.807, 2.05) is 45.0 Å². The SMILES string of the molecule is CCC(Cc1ccco1)c1c2cccc(-c3c(NC)cc(NC)cc3NC)c2nn1C. The van der Waals surface area contributed by atoms with Crippen molar-refractivity contribution in [3.05, 3.63) is 60.2 Å². The van der Waals surface area contributed by atoms with E-state index in [1.54, 1.807) is 6.26 Å². The van der Waals surface area contributed by atoms with Gasteiger partial charge in [0.05, 0.1) is 6.26 Å². The molecule has 0 amide bonds. The zero-order valence-electron chi connectivity index (χ0n) is 18.9. The van der Waals surface area contributed by atoms with Gasteiger partial charge in [0, 0.05) is 79.8 Å². The molecule has 6 nitrogen and oxygen atoms in total. The van der Waals surface area contributed by atoms with Gasteiger partial charge in [0.25, 0.3) is 0 Å². The van der Waals surface area contributed by atoms with Gasteiger partial charge in [-0.2, -0.15) is 5.10 Å². The molecule has 3 N–H and O–H groups in total. The van der Waals surface area contributed by atoms with Crippen LogP contribution in [0.2, 0.25) is 0 Å². The van der Waals surface area contributed by atoms with Gasteiger partial charge < -0.3 is 20.4 Å². The van der Waals surface area contributed by atoms with Crippen molar-refractivity contribution in [3.63, 3.8) is 0 Å². The molecule has 2 aromatic carbocycles. The van der Waals surface area contributed by atoms with Crippen molar-refractivity contribution < 1.29 is 4.42 Å². The highest BCUT2D eigenvalue weighted by Crippen LogP contribution is 2.42. The lowest BCUT2D eigenvalue weighted by atomic mass is 9.92. The number of anilines is 3. The third kappa shape index (κ3) is 3.74. The molecular weight excluding hydrogens is 386 g/mol. The van der Waals surface area contributed by atoms with Crippen molar-refractivity contribution in [1.82, 2.24) is 9.78 Å². The van der Waals surface area contributed by atoms with Crippen molar-refractivity contribution in [3.8, 4) is 11.1 Å². The van der Waals surface area contributed by atoms with Gasteiger partial charge in [-0.25, -0.2) is 0 Å². The molecule has 0 saturated heterocycles. The zero-order chi connectivity index (χ0) is 22.0. The summed E-state index contributed by atoms with van der Waals surface area (Å²) in [5, 5.41) is 16.2. The number of nitrogens with zero attached hydrogens (tertiary/aromatic N) is 2. The number of nitrogens with one attached hydrogen (secondary N) is 3. The fourth-order valence-corrected chi connectivity index (χ4v) is 4.50. The summed E-state index contributed by atoms with van der Waals surface area (Å²) in [5.74, 6) is 1.34. The van der Waals surface area contributed by atoms with E-state index in [1.165, 1.54) is 11.1 Å². The number of rotatable bonds is 8. The molecule has 4 rings (SSSR count). The maximum Gasteiger partial charge on any atom is 0.104 e. The maximum atomic E-state index is 5.64. The zero-order valence-corrected chi connectivity index (χ0v) is 18.9. The van der Waals surface area contributed by atoms with Gasteiger partial charge in [-0.15, -0.1) is 0 Å². The summed E-state index contributed by atoms with van der Waals surface area (Å²) in [6, 6.07) is 14.7. The molecule has 0 spiro atoms. The van der Waals surface area contributed by atoms with Gasteiger partial charge in [-0.3, -0.25) is 4.68 Å². The van der Waals surface area contributed by atoms with E-state index >= 15 is 0 Å². The Morgan fingerprint density at radius 2 is 1.74 bits per heavy atom. The van der Waals surface area contributed by atoms with E-state index in [-0.39, 0.29) is 0 Å². The van der Waals surface area contributed by atoms with E-state index in [0.717, 1.165) is 52.3 Å². The summed E-state index contributed by atoms with van der Waals surface area (Å²) in [6.45, 7) is 2.23. The Labute approximate surface area is 183 Å². The minimum absolute atomic E-state index is 0.329. The van der Waals surface area contributed by atoms with Gasteiger partial charge in [0.2, 0.25) is 0 Å². The molecule has 0 aliphatic carbocycles. The highest BCUT2D eigenvalue weighted by atomic mass is 16.3. The van der Waals surface area contributed by atoms with E-state index in [4.69, 9.17) is 9.52 Å². The molecule has 1 unspecified atom stereocenters. The summed E-state index contributed by atoms with van der Waals surface area (Å²) in [5.41, 5.74) is 7.66. The quantitative estimate of drug-likeness (QED) is 0.343. The van der Waals surface area contributed by atoms with Crippen molar-refractivity contribution in [1.29, 1.82) is 0 Å². The first-order chi connectivity index (χ1) is 15.1. The van der Waals surface area contributed by atoms with Crippen LogP contribution >= 0.6 is 0 Å². The van der Waals surface area contributed by atoms with Crippen molar-refractivity contribution >= 4 is 28.0 Å². The minimum Gasteiger partial charge on any atom is -0.469 e. The lowest BCUT2D eigenvalue weighted by molar-refractivity contribution is 0.471. The Bertz CT molecular complexity index is 1150. The predicted octanol–water partition coefficient (Wildman–Crippen LogP) is 5.69. The lowest BCUT2D eigenvalue weighted by Crippen LogP contribution is -2.08. The molecule has 6 heteroatoms. The van der Waals surface area contributed by atoms with Gasteiger partial charge in [-0.05, 0) is 30.7 Å². The third-order valence-electron chi connectivity index (χ3n) is 6.05. The minimum atomic E-state index is 0.329. The second-order valence-corrected chi connectivity index (χ2v) is 7.80. The molecule has 0 aliphatic heterocycles. The van der Waals surface area contributed by atoms with Crippen LogP contribution in [0.25, 0.3) is 22.0 Å². The Morgan fingerprint density at radius 1 is 1.00 bits per heavy atom. The largest absolute Gasteiger partial charge is 0.469 e. The Morgan fingerprint density at radius 3 is 2.32 bits per heavy atom. The molecule has 0 aliphatic rings. The van der Waals surface area contributed by atoms with Crippen LogP contribution in [0.15, 0.2) is 53.1 Å². The fraction of sp³-hybridized carbons (Fsp3) is 0.320. The van der Waals surface area contributed by atoms with Crippen LogP contribution in [0, 0.1) is 0 Å². The first kappa shape index (κ1) is 20.8. The molecule has 162 valence electrons. The van der Waals surface area contributed by atoms with E-state index in [2.05, 4.69) is 53.2 Å². The van der Waals surface area contributed by atoms with Crippen LogP contribution in [0.1, 0.15) is 30.7 Å². The lowest BCUT2D eigenvalue weighted by Gasteiger charge is -2.18. The topological polar surface area (TPSA) is 67.1 Å². The molecule has 2 aromatic heterocycles. The second-order valence-electron chi connectivity index (χ2n) is 7.80. The van der Waals surface area contributed by atoms with E-state index in [9.17, 15) is 0 Å². The number of furan rings is 1. The molecule has 4 aromatic rings. The fourth-order valence-electron chi connectivity index (χ4n) is 4.50. The van der Waals surface area contributed by atoms with E-state index in [0.29, 0.717) is 5.92 Å². The molecular formula is C25H31N5O. The summed E-state index contributed by atoms with van der Waals surface area (Å²) in [4.78, 5) is 0. The molecule has 2 heterocycles. The summed E-state index contributed by atoms with van der Waals surface area (Å²) >= 11 is 0. The number of fused-ring (bicyclic) bond motifs is 1. The van der Waals surface area contributed by atoms with Crippen LogP contribution < -0.4 is 16.0 Å². The number of aryl methyl sites for hydroxylation is 1. The van der Waals surface area contributed by atoms with Gasteiger partial charge in [-0.1, -0.05) is 25.1 Å². The van der Waals surface area contributed by atoms with Crippen molar-refractivity contribution in [2.75, 3.05) is 37.1 Å². The Kier molecular flexibility index (Phi) is 5.89. The predicted molar refractivity (Wildman–Crippen MR) is 130 cm³/mol. The Balaban J connectivity index is 1.90. The number of aromatic nitrogens is 2. The highest BCUT2D eigenvalue weighted by molar-refractivity contribution is 6.03. The van der Waals surface area contributed by atoms with Gasteiger partial charge >= 0.3 is 0 Å². The number of hydrogen-bond acceptors (Lipinski definition) is 5. The smallest absolute Gasteiger partial charge is 0.104 e. The number of benzene rings is 2. The van der Waals surface area contributed by atoms with Crippen LogP contribution in [0.4, 0.5) is 17.1 Å². The molecule has 0 bridgehead atoms. The standard InChI is InChI=1S/C25H31N5O/c1-6-16(13-18-9-8-12-31-18)25-20-11-7-10-19(24(20)29-30(25)5)23-21(27-3)14-17(26-2)15-22(23)28-4/h7-12,14-16,26-28H,6,13H2,1-5H3. The molecule has 0 radical (unpaired) electrons. The first-order valence-corrected chi connectivity index (χ1v) is 10.8. The monoisotopic (exact) mass is 417 g/mol. The van der Waals surface area contributed by atoms with Gasteiger partial charge in [0.1, 0.15) is 11.3 Å². The molecule has 1 atom stereocenters. The summed E-state index contributed by atoms with van der Waals surface area (Å²) in [6.07, 6.45) is 3.62. The van der Waals surface area contributed by atoms with Crippen LogP contribution in [0.3, 0.4) is 0 Å². The average Bonchev–Trinajstić information content (AvgIpc) is 3.43. The van der Waals surface area contributed by atoms with Crippen LogP contribution in [0.5, 0.6) is 0 Å². The molecule has 0 fully saturated rings. The average molecular weight is 418 g/mol. The molecule has 31 heavy (non-hydrogen) atoms. The van der Waals surface area contributed by atoms with Crippen molar-refractivity contribution in [2.24, 2.45) is 7.05 Å². The summed E-state index contributed by atoms with van der Waals surface area (Å²) < 4.78 is 7.69. The number of hydrogen-bond donors (Lipinski definition) is 3. The maximum absolute atomic E-state index is 5.64.